The predicted octanol–water partition coefficient (Wildman–Crippen LogP) is 12.0. The van der Waals surface area contributed by atoms with Crippen LogP contribution in [0.4, 0.5) is 0 Å². The molecular formula is C49H30N6. The lowest BCUT2D eigenvalue weighted by molar-refractivity contribution is 0.980. The van der Waals surface area contributed by atoms with Crippen molar-refractivity contribution in [3.63, 3.8) is 0 Å². The molecule has 12 aromatic rings. The van der Waals surface area contributed by atoms with E-state index in [9.17, 15) is 0 Å². The monoisotopic (exact) mass is 702 g/mol. The Bertz CT molecular complexity index is 3480. The van der Waals surface area contributed by atoms with Crippen LogP contribution in [0.3, 0.4) is 0 Å². The maximum Gasteiger partial charge on any atom is 0.221 e. The van der Waals surface area contributed by atoms with Crippen molar-refractivity contribution in [2.45, 2.75) is 0 Å². The zero-order valence-electron chi connectivity index (χ0n) is 29.5. The van der Waals surface area contributed by atoms with E-state index in [0.29, 0.717) is 0 Å². The topological polar surface area (TPSA) is 52.9 Å². The molecule has 0 aliphatic rings. The molecule has 0 saturated carbocycles. The van der Waals surface area contributed by atoms with Crippen LogP contribution in [0.1, 0.15) is 0 Å². The van der Waals surface area contributed by atoms with Gasteiger partial charge in [0.25, 0.3) is 0 Å². The molecule has 0 spiro atoms. The van der Waals surface area contributed by atoms with Gasteiger partial charge in [-0.2, -0.15) is 0 Å². The highest BCUT2D eigenvalue weighted by molar-refractivity contribution is 6.22. The SMILES string of the molecule is c1ccc(-n2c(-c3ccc(-c4ccc5c(c4)c4c6ccccc6ccc4n5-c4nc5ccccc5c5nc6ccccc6n45)cc3)nc3ccccc32)cc1. The minimum absolute atomic E-state index is 0.816. The minimum Gasteiger partial charge on any atom is -0.292 e. The molecular weight excluding hydrogens is 673 g/mol. The van der Waals surface area contributed by atoms with Crippen LogP contribution in [0.5, 0.6) is 0 Å². The van der Waals surface area contributed by atoms with E-state index >= 15 is 0 Å². The van der Waals surface area contributed by atoms with Crippen molar-refractivity contribution in [1.82, 2.24) is 28.5 Å². The molecule has 0 aliphatic heterocycles. The number of imidazole rings is 2. The second-order valence-corrected chi connectivity index (χ2v) is 14.1. The van der Waals surface area contributed by atoms with E-state index in [-0.39, 0.29) is 0 Å². The fraction of sp³-hybridized carbons (Fsp3) is 0. The third kappa shape index (κ3) is 4.39. The van der Waals surface area contributed by atoms with Crippen molar-refractivity contribution in [1.29, 1.82) is 0 Å². The number of rotatable bonds is 4. The van der Waals surface area contributed by atoms with E-state index in [1.807, 2.05) is 24.3 Å². The summed E-state index contributed by atoms with van der Waals surface area (Å²) >= 11 is 0. The molecule has 0 unspecified atom stereocenters. The predicted molar refractivity (Wildman–Crippen MR) is 225 cm³/mol. The number of hydrogen-bond acceptors (Lipinski definition) is 3. The van der Waals surface area contributed by atoms with Gasteiger partial charge in [-0.15, -0.1) is 0 Å². The van der Waals surface area contributed by atoms with Crippen LogP contribution in [-0.4, -0.2) is 28.5 Å². The van der Waals surface area contributed by atoms with E-state index < -0.39 is 0 Å². The van der Waals surface area contributed by atoms with Gasteiger partial charge in [0.2, 0.25) is 5.95 Å². The van der Waals surface area contributed by atoms with Gasteiger partial charge in [0.15, 0.2) is 0 Å². The normalized spacial score (nSPS) is 12.0. The number of para-hydroxylation sites is 6. The summed E-state index contributed by atoms with van der Waals surface area (Å²) in [7, 11) is 0. The van der Waals surface area contributed by atoms with Gasteiger partial charge in [-0.05, 0) is 88.6 Å². The molecule has 0 saturated heterocycles. The first-order valence-electron chi connectivity index (χ1n) is 18.5. The van der Waals surface area contributed by atoms with Gasteiger partial charge >= 0.3 is 0 Å². The fourth-order valence-electron chi connectivity index (χ4n) is 8.53. The highest BCUT2D eigenvalue weighted by Crippen LogP contribution is 2.40. The molecule has 0 N–H and O–H groups in total. The number of aromatic nitrogens is 6. The Morgan fingerprint density at radius 1 is 0.364 bits per heavy atom. The van der Waals surface area contributed by atoms with Crippen LogP contribution in [0.15, 0.2) is 182 Å². The molecule has 55 heavy (non-hydrogen) atoms. The van der Waals surface area contributed by atoms with Gasteiger partial charge in [-0.25, -0.2) is 15.0 Å². The van der Waals surface area contributed by atoms with Crippen LogP contribution >= 0.6 is 0 Å². The third-order valence-electron chi connectivity index (χ3n) is 11.0. The Hall–Kier alpha value is -7.57. The number of benzene rings is 8. The number of nitrogens with zero attached hydrogens (tertiary/aromatic N) is 6. The third-order valence-corrected chi connectivity index (χ3v) is 11.0. The Kier molecular flexibility index (Phi) is 6.24. The number of fused-ring (bicyclic) bond motifs is 11. The van der Waals surface area contributed by atoms with E-state index in [1.54, 1.807) is 0 Å². The van der Waals surface area contributed by atoms with Gasteiger partial charge in [-0.1, -0.05) is 115 Å². The van der Waals surface area contributed by atoms with E-state index in [2.05, 4.69) is 171 Å². The maximum absolute atomic E-state index is 5.39. The smallest absolute Gasteiger partial charge is 0.221 e. The largest absolute Gasteiger partial charge is 0.292 e. The second kappa shape index (κ2) is 11.5. The van der Waals surface area contributed by atoms with Gasteiger partial charge in [0, 0.05) is 27.4 Å². The first-order valence-corrected chi connectivity index (χ1v) is 18.5. The van der Waals surface area contributed by atoms with Crippen LogP contribution in [0, 0.1) is 0 Å². The molecule has 6 nitrogen and oxygen atoms in total. The first kappa shape index (κ1) is 29.9. The molecule has 256 valence electrons. The summed E-state index contributed by atoms with van der Waals surface area (Å²) in [5.74, 6) is 1.74. The van der Waals surface area contributed by atoms with E-state index in [4.69, 9.17) is 15.0 Å². The van der Waals surface area contributed by atoms with Crippen molar-refractivity contribution in [3.8, 4) is 34.2 Å². The van der Waals surface area contributed by atoms with Crippen LogP contribution in [0.25, 0.3) is 105 Å². The molecule has 4 heterocycles. The van der Waals surface area contributed by atoms with Crippen molar-refractivity contribution in [3.05, 3.63) is 182 Å². The summed E-state index contributed by atoms with van der Waals surface area (Å²) in [5.41, 5.74) is 12.5. The van der Waals surface area contributed by atoms with Crippen molar-refractivity contribution in [2.24, 2.45) is 0 Å². The van der Waals surface area contributed by atoms with Crippen molar-refractivity contribution < 1.29 is 0 Å². The summed E-state index contributed by atoms with van der Waals surface area (Å²) in [6.07, 6.45) is 0. The molecule has 0 bridgehead atoms. The fourth-order valence-corrected chi connectivity index (χ4v) is 8.53. The Morgan fingerprint density at radius 3 is 1.84 bits per heavy atom. The first-order chi connectivity index (χ1) is 27.3. The van der Waals surface area contributed by atoms with Crippen LogP contribution in [0.2, 0.25) is 0 Å². The lowest BCUT2D eigenvalue weighted by atomic mass is 9.99. The molecule has 0 radical (unpaired) electrons. The van der Waals surface area contributed by atoms with Crippen molar-refractivity contribution >= 4 is 71.2 Å². The van der Waals surface area contributed by atoms with Gasteiger partial charge in [-0.3, -0.25) is 13.5 Å². The quantitative estimate of drug-likeness (QED) is 0.183. The van der Waals surface area contributed by atoms with E-state index in [0.717, 1.165) is 83.8 Å². The lowest BCUT2D eigenvalue weighted by Crippen LogP contribution is -2.06. The minimum atomic E-state index is 0.816. The average Bonchev–Trinajstić information content (AvgIpc) is 3.94. The van der Waals surface area contributed by atoms with E-state index in [1.165, 1.54) is 21.5 Å². The zero-order valence-corrected chi connectivity index (χ0v) is 29.5. The molecule has 0 fully saturated rings. The highest BCUT2D eigenvalue weighted by Gasteiger charge is 2.22. The summed E-state index contributed by atoms with van der Waals surface area (Å²) in [4.78, 5) is 15.6. The Morgan fingerprint density at radius 2 is 1.00 bits per heavy atom. The Balaban J connectivity index is 1.08. The highest BCUT2D eigenvalue weighted by atomic mass is 15.2. The van der Waals surface area contributed by atoms with Gasteiger partial charge in [0.05, 0.1) is 38.6 Å². The molecule has 6 heteroatoms. The Labute approximate surface area is 314 Å². The van der Waals surface area contributed by atoms with Gasteiger partial charge in [0.1, 0.15) is 11.5 Å². The van der Waals surface area contributed by atoms with Crippen molar-refractivity contribution in [2.75, 3.05) is 0 Å². The number of hydrogen-bond donors (Lipinski definition) is 0. The molecule has 0 amide bonds. The average molecular weight is 703 g/mol. The lowest BCUT2D eigenvalue weighted by Gasteiger charge is -2.13. The molecule has 8 aromatic carbocycles. The summed E-state index contributed by atoms with van der Waals surface area (Å²) in [5, 5.41) is 5.82. The molecule has 0 aliphatic carbocycles. The molecule has 0 atom stereocenters. The summed E-state index contributed by atoms with van der Waals surface area (Å²) in [6, 6.07) is 64.2. The van der Waals surface area contributed by atoms with Crippen LogP contribution in [-0.2, 0) is 0 Å². The van der Waals surface area contributed by atoms with Gasteiger partial charge < -0.3 is 0 Å². The second-order valence-electron chi connectivity index (χ2n) is 14.1. The zero-order chi connectivity index (χ0) is 36.0. The summed E-state index contributed by atoms with van der Waals surface area (Å²) < 4.78 is 6.80. The molecule has 12 rings (SSSR count). The maximum atomic E-state index is 5.39. The van der Waals surface area contributed by atoms with Crippen LogP contribution < -0.4 is 0 Å². The molecule has 4 aromatic heterocycles. The standard InChI is InChI=1S/C49H30N6/c1-2-13-35(14-3-1)53-43-20-10-8-18-40(43)50-47(53)33-24-22-31(23-25-33)34-27-28-42-38(30-34)46-36-15-5-4-12-32(36)26-29-45(46)54(42)49-52-39-17-7-6-16-37(39)48-51-41-19-9-11-21-44(41)55(48)49/h1-30H. The summed E-state index contributed by atoms with van der Waals surface area (Å²) in [6.45, 7) is 0.